The van der Waals surface area contributed by atoms with E-state index in [1.165, 1.54) is 19.3 Å². The molecular formula is C19H24N2O3. The summed E-state index contributed by atoms with van der Waals surface area (Å²) in [6, 6.07) is 7.48. The molecule has 0 radical (unpaired) electrons. The maximum atomic E-state index is 12.5. The number of hydrogen-bond acceptors (Lipinski definition) is 2. The highest BCUT2D eigenvalue weighted by Crippen LogP contribution is 2.55. The number of urea groups is 1. The van der Waals surface area contributed by atoms with Gasteiger partial charge in [0.25, 0.3) is 0 Å². The molecule has 24 heavy (non-hydrogen) atoms. The smallest absolute Gasteiger partial charge is 0.330 e. The number of carboxylic acid groups (broad SMARTS) is 1. The van der Waals surface area contributed by atoms with Crippen LogP contribution in [0.2, 0.25) is 0 Å². The molecule has 1 atom stereocenters. The normalized spacial score (nSPS) is 34.6. The van der Waals surface area contributed by atoms with Gasteiger partial charge in [0.2, 0.25) is 0 Å². The third-order valence-electron chi connectivity index (χ3n) is 6.07. The number of carbonyl (C=O) groups excluding carboxylic acids is 1. The van der Waals surface area contributed by atoms with Crippen LogP contribution in [-0.2, 0) is 4.79 Å². The predicted octanol–water partition coefficient (Wildman–Crippen LogP) is 3.08. The SMILES string of the molecule is O=C(N[C@H](C(=O)O)c1ccccc1)NC12CC3CC(CC(C3)C1)C2. The summed E-state index contributed by atoms with van der Waals surface area (Å²) in [6.45, 7) is 0. The molecular weight excluding hydrogens is 304 g/mol. The molecule has 0 unspecified atom stereocenters. The zero-order valence-corrected chi connectivity index (χ0v) is 13.7. The van der Waals surface area contributed by atoms with Crippen LogP contribution in [0.4, 0.5) is 4.79 Å². The van der Waals surface area contributed by atoms with Crippen LogP contribution in [0.15, 0.2) is 30.3 Å². The Morgan fingerprint density at radius 1 is 1.00 bits per heavy atom. The third kappa shape index (κ3) is 2.87. The van der Waals surface area contributed by atoms with E-state index in [9.17, 15) is 14.7 Å². The number of nitrogens with one attached hydrogen (secondary N) is 2. The summed E-state index contributed by atoms with van der Waals surface area (Å²) in [7, 11) is 0. The summed E-state index contributed by atoms with van der Waals surface area (Å²) in [6.07, 6.45) is 7.08. The van der Waals surface area contributed by atoms with Crippen molar-refractivity contribution in [2.24, 2.45) is 17.8 Å². The van der Waals surface area contributed by atoms with Crippen LogP contribution >= 0.6 is 0 Å². The largest absolute Gasteiger partial charge is 0.479 e. The van der Waals surface area contributed by atoms with Crippen molar-refractivity contribution in [1.82, 2.24) is 10.6 Å². The fourth-order valence-corrected chi connectivity index (χ4v) is 5.60. The van der Waals surface area contributed by atoms with Gasteiger partial charge in [-0.15, -0.1) is 0 Å². The van der Waals surface area contributed by atoms with Gasteiger partial charge in [0.05, 0.1) is 0 Å². The van der Waals surface area contributed by atoms with Crippen LogP contribution in [0.3, 0.4) is 0 Å². The number of benzene rings is 1. The summed E-state index contributed by atoms with van der Waals surface area (Å²) in [5.74, 6) is 1.17. The van der Waals surface area contributed by atoms with Crippen molar-refractivity contribution in [3.63, 3.8) is 0 Å². The maximum Gasteiger partial charge on any atom is 0.330 e. The highest BCUT2D eigenvalue weighted by atomic mass is 16.4. The van der Waals surface area contributed by atoms with Gasteiger partial charge >= 0.3 is 12.0 Å². The Balaban J connectivity index is 1.45. The predicted molar refractivity (Wildman–Crippen MR) is 89.4 cm³/mol. The average Bonchev–Trinajstić information content (AvgIpc) is 2.51. The second-order valence-corrected chi connectivity index (χ2v) is 7.98. The first-order chi connectivity index (χ1) is 11.5. The van der Waals surface area contributed by atoms with Crippen LogP contribution < -0.4 is 10.6 Å². The molecule has 5 rings (SSSR count). The van der Waals surface area contributed by atoms with Crippen LogP contribution in [-0.4, -0.2) is 22.6 Å². The van der Waals surface area contributed by atoms with E-state index >= 15 is 0 Å². The standard InChI is InChI=1S/C19H24N2O3/c22-17(23)16(15-4-2-1-3-5-15)20-18(24)21-19-9-12-6-13(10-19)8-14(7-12)11-19/h1-5,12-14,16H,6-11H2,(H,22,23)(H2,20,21,24)/t12?,13?,14?,16-,19?/m0/s1. The molecule has 0 aliphatic heterocycles. The topological polar surface area (TPSA) is 78.4 Å². The number of aliphatic carboxylic acids is 1. The van der Waals surface area contributed by atoms with Gasteiger partial charge in [-0.2, -0.15) is 0 Å². The van der Waals surface area contributed by atoms with Crippen molar-refractivity contribution in [3.8, 4) is 0 Å². The Hall–Kier alpha value is -2.04. The second kappa shape index (κ2) is 5.80. The molecule has 4 saturated carbocycles. The van der Waals surface area contributed by atoms with E-state index in [0.717, 1.165) is 37.0 Å². The Morgan fingerprint density at radius 3 is 2.04 bits per heavy atom. The first kappa shape index (κ1) is 15.5. The van der Waals surface area contributed by atoms with Crippen molar-refractivity contribution < 1.29 is 14.7 Å². The van der Waals surface area contributed by atoms with Gasteiger partial charge in [0.15, 0.2) is 6.04 Å². The van der Waals surface area contributed by atoms with E-state index in [4.69, 9.17) is 0 Å². The van der Waals surface area contributed by atoms with Crippen molar-refractivity contribution in [2.75, 3.05) is 0 Å². The molecule has 2 amide bonds. The lowest BCUT2D eigenvalue weighted by Crippen LogP contribution is -2.61. The highest BCUT2D eigenvalue weighted by molar-refractivity contribution is 5.84. The minimum absolute atomic E-state index is 0.113. The zero-order valence-electron chi connectivity index (χ0n) is 13.7. The molecule has 0 aromatic heterocycles. The number of carboxylic acids is 1. The van der Waals surface area contributed by atoms with Gasteiger partial charge in [0.1, 0.15) is 0 Å². The number of amides is 2. The van der Waals surface area contributed by atoms with Gasteiger partial charge in [0, 0.05) is 5.54 Å². The fraction of sp³-hybridized carbons (Fsp3) is 0.579. The summed E-state index contributed by atoms with van der Waals surface area (Å²) in [4.78, 5) is 24.1. The first-order valence-electron chi connectivity index (χ1n) is 8.89. The molecule has 128 valence electrons. The molecule has 5 nitrogen and oxygen atoms in total. The van der Waals surface area contributed by atoms with E-state index in [0.29, 0.717) is 5.56 Å². The lowest BCUT2D eigenvalue weighted by molar-refractivity contribution is -0.139. The lowest BCUT2D eigenvalue weighted by Gasteiger charge is -2.56. The quantitative estimate of drug-likeness (QED) is 0.795. The van der Waals surface area contributed by atoms with E-state index in [1.807, 2.05) is 6.07 Å². The Morgan fingerprint density at radius 2 is 1.54 bits per heavy atom. The van der Waals surface area contributed by atoms with Crippen LogP contribution in [0.25, 0.3) is 0 Å². The van der Waals surface area contributed by atoms with E-state index in [1.54, 1.807) is 24.3 Å². The number of carbonyl (C=O) groups is 2. The highest BCUT2D eigenvalue weighted by Gasteiger charge is 2.51. The minimum atomic E-state index is -1.04. The summed E-state index contributed by atoms with van der Waals surface area (Å²) >= 11 is 0. The lowest BCUT2D eigenvalue weighted by atomic mass is 9.53. The zero-order chi connectivity index (χ0) is 16.7. The fourth-order valence-electron chi connectivity index (χ4n) is 5.60. The maximum absolute atomic E-state index is 12.5. The molecule has 1 aromatic carbocycles. The van der Waals surface area contributed by atoms with E-state index in [2.05, 4.69) is 10.6 Å². The van der Waals surface area contributed by atoms with Gasteiger partial charge in [-0.05, 0) is 61.8 Å². The molecule has 3 N–H and O–H groups in total. The number of hydrogen-bond donors (Lipinski definition) is 3. The van der Waals surface area contributed by atoms with E-state index in [-0.39, 0.29) is 11.6 Å². The molecule has 0 spiro atoms. The molecule has 0 saturated heterocycles. The molecule has 4 aliphatic carbocycles. The van der Waals surface area contributed by atoms with Gasteiger partial charge < -0.3 is 15.7 Å². The summed E-state index contributed by atoms with van der Waals surface area (Å²) in [5, 5.41) is 15.3. The number of rotatable bonds is 4. The molecule has 0 heterocycles. The Bertz CT molecular complexity index is 608. The van der Waals surface area contributed by atoms with Crippen molar-refractivity contribution in [2.45, 2.75) is 50.1 Å². The minimum Gasteiger partial charge on any atom is -0.479 e. The second-order valence-electron chi connectivity index (χ2n) is 7.98. The van der Waals surface area contributed by atoms with E-state index < -0.39 is 12.0 Å². The van der Waals surface area contributed by atoms with Crippen molar-refractivity contribution in [1.29, 1.82) is 0 Å². The summed E-state index contributed by atoms with van der Waals surface area (Å²) in [5.41, 5.74) is 0.476. The molecule has 4 bridgehead atoms. The molecule has 5 heteroatoms. The van der Waals surface area contributed by atoms with Crippen LogP contribution in [0.5, 0.6) is 0 Å². The molecule has 4 aliphatic rings. The Labute approximate surface area is 141 Å². The van der Waals surface area contributed by atoms with Gasteiger partial charge in [-0.25, -0.2) is 9.59 Å². The Kier molecular flexibility index (Phi) is 3.74. The van der Waals surface area contributed by atoms with Crippen molar-refractivity contribution in [3.05, 3.63) is 35.9 Å². The monoisotopic (exact) mass is 328 g/mol. The van der Waals surface area contributed by atoms with Crippen molar-refractivity contribution >= 4 is 12.0 Å². The van der Waals surface area contributed by atoms with Gasteiger partial charge in [-0.3, -0.25) is 0 Å². The van der Waals surface area contributed by atoms with Crippen LogP contribution in [0, 0.1) is 17.8 Å². The summed E-state index contributed by atoms with van der Waals surface area (Å²) < 4.78 is 0. The van der Waals surface area contributed by atoms with Crippen LogP contribution in [0.1, 0.15) is 50.1 Å². The molecule has 1 aromatic rings. The first-order valence-corrected chi connectivity index (χ1v) is 8.89. The van der Waals surface area contributed by atoms with Gasteiger partial charge in [-0.1, -0.05) is 30.3 Å². The average molecular weight is 328 g/mol. The third-order valence-corrected chi connectivity index (χ3v) is 6.07. The molecule has 4 fully saturated rings.